The van der Waals surface area contributed by atoms with Gasteiger partial charge in [0.15, 0.2) is 5.82 Å². The average molecular weight is 456 g/mol. The first kappa shape index (κ1) is 20.4. The lowest BCUT2D eigenvalue weighted by Gasteiger charge is -2.33. The second kappa shape index (κ2) is 8.90. The zero-order valence-corrected chi connectivity index (χ0v) is 18.3. The summed E-state index contributed by atoms with van der Waals surface area (Å²) in [4.78, 5) is 13.2. The number of rotatable bonds is 5. The summed E-state index contributed by atoms with van der Waals surface area (Å²) in [5.41, 5.74) is 5.39. The fraction of sp³-hybridized carbons (Fsp3) is 0.318. The van der Waals surface area contributed by atoms with Crippen LogP contribution in [0.3, 0.4) is 0 Å². The van der Waals surface area contributed by atoms with E-state index in [9.17, 15) is 4.79 Å². The number of nitrogens with one attached hydrogen (secondary N) is 2. The maximum Gasteiger partial charge on any atom is 0.236 e. The van der Waals surface area contributed by atoms with Crippen molar-refractivity contribution < 1.29 is 9.53 Å². The minimum Gasteiger partial charge on any atom is -0.376 e. The van der Waals surface area contributed by atoms with Gasteiger partial charge in [-0.3, -0.25) is 4.79 Å². The molecule has 1 amide bonds. The van der Waals surface area contributed by atoms with Gasteiger partial charge in [0, 0.05) is 23.7 Å². The van der Waals surface area contributed by atoms with Gasteiger partial charge in [-0.15, -0.1) is 10.2 Å². The summed E-state index contributed by atoms with van der Waals surface area (Å²) >= 11 is 7.51. The summed E-state index contributed by atoms with van der Waals surface area (Å²) in [5, 5.41) is 12.7. The van der Waals surface area contributed by atoms with Crippen molar-refractivity contribution in [2.75, 3.05) is 18.6 Å². The van der Waals surface area contributed by atoms with Crippen molar-refractivity contribution in [3.8, 4) is 11.4 Å². The van der Waals surface area contributed by atoms with E-state index in [1.54, 1.807) is 0 Å². The van der Waals surface area contributed by atoms with Gasteiger partial charge in [-0.2, -0.15) is 0 Å². The number of fused-ring (bicyclic) bond motifs is 1. The molecule has 2 aliphatic heterocycles. The van der Waals surface area contributed by atoms with Gasteiger partial charge in [0.25, 0.3) is 0 Å². The minimum atomic E-state index is -0.414. The smallest absolute Gasteiger partial charge is 0.236 e. The molecule has 2 N–H and O–H groups in total. The van der Waals surface area contributed by atoms with E-state index in [0.29, 0.717) is 22.5 Å². The highest BCUT2D eigenvalue weighted by Gasteiger charge is 2.38. The first-order chi connectivity index (χ1) is 15.2. The minimum absolute atomic E-state index is 0.0524. The number of thioether (sulfide) groups is 1. The number of halogens is 1. The molecule has 1 fully saturated rings. The van der Waals surface area contributed by atoms with Crippen LogP contribution in [0.2, 0.25) is 5.02 Å². The molecular formula is C22H22ClN5O2S. The van der Waals surface area contributed by atoms with Gasteiger partial charge in [-0.05, 0) is 30.5 Å². The van der Waals surface area contributed by atoms with Crippen molar-refractivity contribution in [1.82, 2.24) is 20.2 Å². The molecule has 7 nitrogen and oxygen atoms in total. The average Bonchev–Trinajstić information content (AvgIpc) is 3.47. The lowest BCUT2D eigenvalue weighted by atomic mass is 10.0. The molecule has 9 heteroatoms. The number of carbonyl (C=O) groups is 1. The van der Waals surface area contributed by atoms with E-state index in [1.807, 2.05) is 59.3 Å². The van der Waals surface area contributed by atoms with Gasteiger partial charge in [0.1, 0.15) is 5.25 Å². The molecule has 0 radical (unpaired) electrons. The number of nitrogens with zero attached hydrogens (tertiary/aromatic N) is 3. The van der Waals surface area contributed by atoms with Gasteiger partial charge in [-0.25, -0.2) is 4.68 Å². The third kappa shape index (κ3) is 4.28. The Kier molecular flexibility index (Phi) is 5.85. The quantitative estimate of drug-likeness (QED) is 0.611. The first-order valence-electron chi connectivity index (χ1n) is 10.3. The summed E-state index contributed by atoms with van der Waals surface area (Å²) in [6.07, 6.45) is 2.11. The Morgan fingerprint density at radius 2 is 2.00 bits per heavy atom. The van der Waals surface area contributed by atoms with E-state index in [-0.39, 0.29) is 18.1 Å². The number of ether oxygens (including phenoxy) is 1. The Hall–Kier alpha value is -2.55. The van der Waals surface area contributed by atoms with Crippen molar-refractivity contribution >= 4 is 29.3 Å². The molecule has 160 valence electrons. The molecule has 2 aromatic carbocycles. The second-order valence-electron chi connectivity index (χ2n) is 7.58. The number of hydrogen-bond acceptors (Lipinski definition) is 6. The van der Waals surface area contributed by atoms with Crippen molar-refractivity contribution in [2.45, 2.75) is 35.4 Å². The van der Waals surface area contributed by atoms with Crippen LogP contribution < -0.4 is 10.7 Å². The van der Waals surface area contributed by atoms with Gasteiger partial charge < -0.3 is 15.5 Å². The normalized spacial score (nSPS) is 22.5. The number of carbonyl (C=O) groups excluding carboxylic acids is 1. The standard InChI is InChI=1S/C22H22ClN5O2S/c23-16-10-8-14(9-11-16)18-19(21(29)24-13-17-7-4-12-30-17)31-22-26-25-20(28(22)27-18)15-5-2-1-3-6-15/h1-3,5-6,8-11,17-19,27H,4,7,12-13H2,(H,24,29)/t17-,18+,19-/m0/s1. The lowest BCUT2D eigenvalue weighted by molar-refractivity contribution is -0.121. The van der Waals surface area contributed by atoms with Crippen LogP contribution in [0.4, 0.5) is 0 Å². The maximum absolute atomic E-state index is 13.2. The molecule has 0 spiro atoms. The van der Waals surface area contributed by atoms with Crippen LogP contribution in [-0.2, 0) is 9.53 Å². The van der Waals surface area contributed by atoms with Crippen LogP contribution in [0.15, 0.2) is 59.8 Å². The Labute approximate surface area is 189 Å². The zero-order chi connectivity index (χ0) is 21.2. The zero-order valence-electron chi connectivity index (χ0n) is 16.7. The van der Waals surface area contributed by atoms with E-state index in [1.165, 1.54) is 11.8 Å². The van der Waals surface area contributed by atoms with Crippen molar-refractivity contribution in [3.05, 3.63) is 65.2 Å². The van der Waals surface area contributed by atoms with Gasteiger partial charge >= 0.3 is 0 Å². The van der Waals surface area contributed by atoms with Gasteiger partial charge in [0.05, 0.1) is 12.1 Å². The van der Waals surface area contributed by atoms with Crippen LogP contribution in [0.1, 0.15) is 24.4 Å². The molecule has 0 saturated carbocycles. The summed E-state index contributed by atoms with van der Waals surface area (Å²) in [6, 6.07) is 17.1. The third-order valence-electron chi connectivity index (χ3n) is 5.48. The molecule has 0 bridgehead atoms. The summed E-state index contributed by atoms with van der Waals surface area (Å²) < 4.78 is 7.51. The molecule has 0 unspecified atom stereocenters. The van der Waals surface area contributed by atoms with Crippen LogP contribution in [0, 0.1) is 0 Å². The molecular weight excluding hydrogens is 434 g/mol. The van der Waals surface area contributed by atoms with Gasteiger partial charge in [-0.1, -0.05) is 65.8 Å². The largest absolute Gasteiger partial charge is 0.376 e. The number of benzene rings is 2. The number of hydrogen-bond donors (Lipinski definition) is 2. The van der Waals surface area contributed by atoms with Crippen LogP contribution >= 0.6 is 23.4 Å². The summed E-state index contributed by atoms with van der Waals surface area (Å²) in [7, 11) is 0. The highest BCUT2D eigenvalue weighted by molar-refractivity contribution is 8.00. The third-order valence-corrected chi connectivity index (χ3v) is 6.95. The second-order valence-corrected chi connectivity index (χ2v) is 9.13. The molecule has 1 saturated heterocycles. The molecule has 31 heavy (non-hydrogen) atoms. The fourth-order valence-corrected chi connectivity index (χ4v) is 5.10. The van der Waals surface area contributed by atoms with Crippen LogP contribution in [0.5, 0.6) is 0 Å². The molecule has 3 heterocycles. The Bertz CT molecular complexity index is 1050. The van der Waals surface area contributed by atoms with Gasteiger partial charge in [0.2, 0.25) is 11.1 Å². The maximum atomic E-state index is 13.2. The predicted octanol–water partition coefficient (Wildman–Crippen LogP) is 3.65. The fourth-order valence-electron chi connectivity index (χ4n) is 3.87. The van der Waals surface area contributed by atoms with E-state index in [2.05, 4.69) is 20.9 Å². The number of amides is 1. The molecule has 2 aliphatic rings. The molecule has 3 atom stereocenters. The monoisotopic (exact) mass is 455 g/mol. The van der Waals surface area contributed by atoms with Crippen molar-refractivity contribution in [3.63, 3.8) is 0 Å². The molecule has 1 aromatic heterocycles. The highest BCUT2D eigenvalue weighted by atomic mass is 35.5. The predicted molar refractivity (Wildman–Crippen MR) is 121 cm³/mol. The van der Waals surface area contributed by atoms with E-state index >= 15 is 0 Å². The molecule has 5 rings (SSSR count). The Morgan fingerprint density at radius 3 is 2.74 bits per heavy atom. The van der Waals surface area contributed by atoms with E-state index in [0.717, 1.165) is 30.6 Å². The first-order valence-corrected chi connectivity index (χ1v) is 11.5. The Balaban J connectivity index is 1.44. The molecule has 0 aliphatic carbocycles. The van der Waals surface area contributed by atoms with E-state index < -0.39 is 5.25 Å². The van der Waals surface area contributed by atoms with Crippen LogP contribution in [-0.4, -0.2) is 45.3 Å². The summed E-state index contributed by atoms with van der Waals surface area (Å²) in [6.45, 7) is 1.28. The number of aromatic nitrogens is 3. The highest BCUT2D eigenvalue weighted by Crippen LogP contribution is 2.38. The van der Waals surface area contributed by atoms with E-state index in [4.69, 9.17) is 16.3 Å². The lowest BCUT2D eigenvalue weighted by Crippen LogP contribution is -2.45. The van der Waals surface area contributed by atoms with Crippen molar-refractivity contribution in [1.29, 1.82) is 0 Å². The van der Waals surface area contributed by atoms with Crippen LogP contribution in [0.25, 0.3) is 11.4 Å². The topological polar surface area (TPSA) is 81.1 Å². The summed E-state index contributed by atoms with van der Waals surface area (Å²) in [5.74, 6) is 0.656. The SMILES string of the molecule is O=C(NC[C@@H]1CCCO1)[C@H]1Sc2nnc(-c3ccccc3)n2N[C@@H]1c1ccc(Cl)cc1. The molecule has 3 aromatic rings. The van der Waals surface area contributed by atoms with Crippen molar-refractivity contribution in [2.24, 2.45) is 0 Å². The Morgan fingerprint density at radius 1 is 1.19 bits per heavy atom.